The summed E-state index contributed by atoms with van der Waals surface area (Å²) in [5.41, 5.74) is 4.69. The second-order valence-electron chi connectivity index (χ2n) is 8.21. The van der Waals surface area contributed by atoms with Crippen molar-refractivity contribution in [2.24, 2.45) is 0 Å². The number of hydrogen-bond acceptors (Lipinski definition) is 3. The molecule has 1 atom stereocenters. The molecule has 2 aliphatic rings. The Morgan fingerprint density at radius 3 is 2.69 bits per heavy atom. The van der Waals surface area contributed by atoms with Gasteiger partial charge in [0.1, 0.15) is 11.9 Å². The maximum Gasteiger partial charge on any atom is 0.335 e. The lowest BCUT2D eigenvalue weighted by atomic mass is 9.92. The highest BCUT2D eigenvalue weighted by molar-refractivity contribution is 9.11. The van der Waals surface area contributed by atoms with Crippen LogP contribution in [0.2, 0.25) is 0 Å². The molecule has 0 amide bonds. The molecule has 0 radical (unpaired) electrons. The first kappa shape index (κ1) is 24.9. The topological polar surface area (TPSA) is 49.8 Å². The Morgan fingerprint density at radius 1 is 1.19 bits per heavy atom. The molecule has 0 saturated carbocycles. The van der Waals surface area contributed by atoms with Crippen LogP contribution in [0, 0.1) is 0 Å². The number of carboxylic acid groups (broad SMARTS) is 1. The summed E-state index contributed by atoms with van der Waals surface area (Å²) >= 11 is 3.78. The van der Waals surface area contributed by atoms with Crippen molar-refractivity contribution >= 4 is 44.5 Å². The predicted octanol–water partition coefficient (Wildman–Crippen LogP) is 6.27. The molecule has 1 N–H and O–H groups in total. The van der Waals surface area contributed by atoms with Gasteiger partial charge in [-0.1, -0.05) is 34.1 Å². The van der Waals surface area contributed by atoms with Gasteiger partial charge in [-0.15, -0.1) is 17.0 Å². The summed E-state index contributed by atoms with van der Waals surface area (Å²) in [7, 11) is 0. The summed E-state index contributed by atoms with van der Waals surface area (Å²) in [6.07, 6.45) is 4.44. The molecule has 0 bridgehead atoms. The highest BCUT2D eigenvalue weighted by Gasteiger charge is 2.24. The number of alkyl halides is 1. The van der Waals surface area contributed by atoms with Gasteiger partial charge in [0.2, 0.25) is 0 Å². The Bertz CT molecular complexity index is 978. The number of fused-ring (bicyclic) bond motifs is 1. The molecule has 2 aromatic carbocycles. The van der Waals surface area contributed by atoms with Crippen molar-refractivity contribution in [1.29, 1.82) is 0 Å². The number of ether oxygens (including phenoxy) is 1. The van der Waals surface area contributed by atoms with Crippen LogP contribution in [0.3, 0.4) is 0 Å². The van der Waals surface area contributed by atoms with Crippen LogP contribution in [0.5, 0.6) is 5.75 Å². The van der Waals surface area contributed by atoms with E-state index in [-0.39, 0.29) is 29.8 Å². The first-order valence-corrected chi connectivity index (χ1v) is 11.6. The number of rotatable bonds is 7. The molecule has 2 aromatic rings. The maximum atomic E-state index is 12.4. The van der Waals surface area contributed by atoms with E-state index >= 15 is 0 Å². The second kappa shape index (κ2) is 11.4. The minimum atomic E-state index is -0.895. The number of allylic oxidation sites excluding steroid dienone is 1. The van der Waals surface area contributed by atoms with E-state index < -0.39 is 5.97 Å². The largest absolute Gasteiger partial charge is 0.489 e. The molecule has 0 aromatic heterocycles. The van der Waals surface area contributed by atoms with Crippen LogP contribution in [0.25, 0.3) is 5.57 Å². The van der Waals surface area contributed by atoms with Crippen LogP contribution in [0.4, 0.5) is 4.39 Å². The Hall–Kier alpha value is -1.70. The third kappa shape index (κ3) is 5.80. The number of aryl methyl sites for hydroxylation is 1. The third-order valence-corrected chi connectivity index (χ3v) is 6.81. The summed E-state index contributed by atoms with van der Waals surface area (Å²) < 4.78 is 19.7. The number of likely N-dealkylation sites (tertiary alicyclic amines) is 1. The van der Waals surface area contributed by atoms with Crippen molar-refractivity contribution in [3.05, 3.63) is 69.2 Å². The lowest BCUT2D eigenvalue weighted by Gasteiger charge is -2.17. The van der Waals surface area contributed by atoms with Crippen LogP contribution in [0.1, 0.15) is 52.7 Å². The van der Waals surface area contributed by atoms with Crippen LogP contribution in [0.15, 0.2) is 46.9 Å². The predicted molar refractivity (Wildman–Crippen MR) is 134 cm³/mol. The fourth-order valence-corrected chi connectivity index (χ4v) is 5.19. The van der Waals surface area contributed by atoms with Crippen molar-refractivity contribution in [3.63, 3.8) is 0 Å². The van der Waals surface area contributed by atoms with E-state index in [2.05, 4.69) is 33.0 Å². The van der Waals surface area contributed by atoms with Gasteiger partial charge in [0, 0.05) is 24.1 Å². The van der Waals surface area contributed by atoms with Gasteiger partial charge in [-0.2, -0.15) is 0 Å². The zero-order valence-corrected chi connectivity index (χ0v) is 21.2. The zero-order valence-electron chi connectivity index (χ0n) is 17.9. The molecule has 7 heteroatoms. The Balaban J connectivity index is 0.00000289. The minimum Gasteiger partial charge on any atom is -0.489 e. The fourth-order valence-electron chi connectivity index (χ4n) is 4.47. The van der Waals surface area contributed by atoms with E-state index in [0.29, 0.717) is 12.0 Å². The molecule has 4 rings (SSSR count). The highest BCUT2D eigenvalue weighted by atomic mass is 79.9. The second-order valence-corrected chi connectivity index (χ2v) is 9.16. The molecule has 1 aliphatic carbocycles. The molecule has 1 fully saturated rings. The molecular weight excluding hydrogens is 541 g/mol. The maximum absolute atomic E-state index is 12.4. The number of nitrogens with zero attached hydrogens (tertiary/aromatic N) is 1. The Kier molecular flexibility index (Phi) is 8.91. The molecular formula is C25H28Br2FNO3. The average Bonchev–Trinajstić information content (AvgIpc) is 3.14. The number of carbonyl (C=O) groups is 1. The number of benzene rings is 2. The summed E-state index contributed by atoms with van der Waals surface area (Å²) in [6.45, 7) is 2.32. The van der Waals surface area contributed by atoms with E-state index in [1.165, 1.54) is 0 Å². The smallest absolute Gasteiger partial charge is 0.335 e. The van der Waals surface area contributed by atoms with Crippen molar-refractivity contribution in [2.45, 2.75) is 38.2 Å². The van der Waals surface area contributed by atoms with E-state index in [0.717, 1.165) is 77.8 Å². The van der Waals surface area contributed by atoms with E-state index in [9.17, 15) is 14.3 Å². The number of carboxylic acids is 1. The Morgan fingerprint density at radius 2 is 1.97 bits per heavy atom. The van der Waals surface area contributed by atoms with Gasteiger partial charge in [0.25, 0.3) is 0 Å². The standard InChI is InChI=1S/C25H27BrFNO3.BrH/c26-23-4-1-3-18-15-19(25(29)30)7-10-22(18)24(23)17-5-8-20(9-6-17)31-21-11-14-28(16-21)13-2-12-27;/h5-10,15,21H,1-4,11-14,16H2,(H,29,30);1H/t21-;/m0./s1. The first-order valence-electron chi connectivity index (χ1n) is 10.9. The molecule has 0 spiro atoms. The summed E-state index contributed by atoms with van der Waals surface area (Å²) in [5, 5.41) is 9.34. The lowest BCUT2D eigenvalue weighted by molar-refractivity contribution is 0.0696. The molecule has 172 valence electrons. The molecule has 32 heavy (non-hydrogen) atoms. The molecule has 0 unspecified atom stereocenters. The van der Waals surface area contributed by atoms with Crippen LogP contribution in [-0.2, 0) is 6.42 Å². The number of aromatic carboxylic acids is 1. The van der Waals surface area contributed by atoms with Gasteiger partial charge in [0.05, 0.1) is 12.2 Å². The van der Waals surface area contributed by atoms with Crippen LogP contribution < -0.4 is 4.74 Å². The zero-order chi connectivity index (χ0) is 21.8. The van der Waals surface area contributed by atoms with Crippen molar-refractivity contribution in [2.75, 3.05) is 26.3 Å². The van der Waals surface area contributed by atoms with Crippen molar-refractivity contribution in [3.8, 4) is 5.75 Å². The van der Waals surface area contributed by atoms with E-state index in [1.54, 1.807) is 12.1 Å². The molecule has 1 saturated heterocycles. The van der Waals surface area contributed by atoms with Gasteiger partial charge >= 0.3 is 5.97 Å². The Labute approximate surface area is 207 Å². The average molecular weight is 569 g/mol. The minimum absolute atomic E-state index is 0. The summed E-state index contributed by atoms with van der Waals surface area (Å²) in [6, 6.07) is 13.6. The molecule has 4 nitrogen and oxygen atoms in total. The van der Waals surface area contributed by atoms with Gasteiger partial charge in [-0.25, -0.2) is 4.79 Å². The van der Waals surface area contributed by atoms with E-state index in [4.69, 9.17) is 4.74 Å². The molecule has 1 aliphatic heterocycles. The normalized spacial score (nSPS) is 18.6. The summed E-state index contributed by atoms with van der Waals surface area (Å²) in [5.74, 6) is -0.0544. The van der Waals surface area contributed by atoms with Gasteiger partial charge < -0.3 is 9.84 Å². The van der Waals surface area contributed by atoms with Crippen molar-refractivity contribution < 1.29 is 19.0 Å². The monoisotopic (exact) mass is 567 g/mol. The van der Waals surface area contributed by atoms with E-state index in [1.807, 2.05) is 18.2 Å². The van der Waals surface area contributed by atoms with Crippen molar-refractivity contribution in [1.82, 2.24) is 4.90 Å². The first-order chi connectivity index (χ1) is 15.0. The van der Waals surface area contributed by atoms with Gasteiger partial charge in [0.15, 0.2) is 0 Å². The summed E-state index contributed by atoms with van der Waals surface area (Å²) in [4.78, 5) is 13.6. The fraction of sp³-hybridized carbons (Fsp3) is 0.400. The third-order valence-electron chi connectivity index (χ3n) is 6.02. The number of hydrogen-bond donors (Lipinski definition) is 1. The number of halogens is 3. The lowest BCUT2D eigenvalue weighted by Crippen LogP contribution is -2.26. The quantitative estimate of drug-likeness (QED) is 0.428. The molecule has 1 heterocycles. The van der Waals surface area contributed by atoms with Crippen LogP contribution >= 0.6 is 32.9 Å². The van der Waals surface area contributed by atoms with Gasteiger partial charge in [-0.3, -0.25) is 9.29 Å². The highest BCUT2D eigenvalue weighted by Crippen LogP contribution is 2.38. The van der Waals surface area contributed by atoms with Crippen LogP contribution in [-0.4, -0.2) is 48.4 Å². The van der Waals surface area contributed by atoms with Gasteiger partial charge in [-0.05, 0) is 78.6 Å². The SMILES string of the molecule is Br.O=C(O)c1ccc2c(c1)CCCC(Br)=C2c1ccc(O[C@H]2CCN(CCCF)C2)cc1.